The van der Waals surface area contributed by atoms with Gasteiger partial charge in [0.25, 0.3) is 0 Å². The Labute approximate surface area is 112 Å². The van der Waals surface area contributed by atoms with Crippen LogP contribution in [0.2, 0.25) is 0 Å². The van der Waals surface area contributed by atoms with E-state index in [2.05, 4.69) is 40.1 Å². The van der Waals surface area contributed by atoms with Crippen LogP contribution in [0.4, 0.5) is 11.5 Å². The van der Waals surface area contributed by atoms with Gasteiger partial charge in [-0.3, -0.25) is 0 Å². The minimum atomic E-state index is 0.419. The lowest BCUT2D eigenvalue weighted by Crippen LogP contribution is -2.17. The van der Waals surface area contributed by atoms with Gasteiger partial charge in [-0.15, -0.1) is 0 Å². The molecule has 0 saturated carbocycles. The molecule has 1 aromatic rings. The predicted molar refractivity (Wildman–Crippen MR) is 78.2 cm³/mol. The van der Waals surface area contributed by atoms with Crippen molar-refractivity contribution in [3.63, 3.8) is 0 Å². The van der Waals surface area contributed by atoms with Gasteiger partial charge in [-0.25, -0.2) is 4.98 Å². The third-order valence-corrected chi connectivity index (χ3v) is 3.19. The summed E-state index contributed by atoms with van der Waals surface area (Å²) in [6.07, 6.45) is 8.11. The van der Waals surface area contributed by atoms with Gasteiger partial charge in [0, 0.05) is 16.7 Å². The molecular formula is C13H22BrN3. The van der Waals surface area contributed by atoms with Gasteiger partial charge in [0.1, 0.15) is 5.82 Å². The van der Waals surface area contributed by atoms with Crippen molar-refractivity contribution >= 4 is 27.4 Å². The number of anilines is 2. The fourth-order valence-corrected chi connectivity index (χ4v) is 2.11. The molecular weight excluding hydrogens is 278 g/mol. The number of pyridine rings is 1. The summed E-state index contributed by atoms with van der Waals surface area (Å²) in [7, 11) is 0. The molecule has 0 saturated heterocycles. The first-order valence-electron chi connectivity index (χ1n) is 6.31. The van der Waals surface area contributed by atoms with Crippen LogP contribution in [-0.4, -0.2) is 11.0 Å². The molecule has 1 heterocycles. The van der Waals surface area contributed by atoms with Gasteiger partial charge in [0.05, 0.1) is 5.69 Å². The topological polar surface area (TPSA) is 50.9 Å². The molecule has 1 rings (SSSR count). The van der Waals surface area contributed by atoms with E-state index in [4.69, 9.17) is 5.73 Å². The van der Waals surface area contributed by atoms with Crippen LogP contribution in [0.15, 0.2) is 16.7 Å². The summed E-state index contributed by atoms with van der Waals surface area (Å²) >= 11 is 3.35. The fraction of sp³-hybridized carbons (Fsp3) is 0.615. The Morgan fingerprint density at radius 2 is 2.18 bits per heavy atom. The normalized spacial score (nSPS) is 12.4. The van der Waals surface area contributed by atoms with Crippen LogP contribution in [0.25, 0.3) is 0 Å². The number of hydrogen-bond donors (Lipinski definition) is 2. The fourth-order valence-electron chi connectivity index (χ4n) is 1.76. The SMILES string of the molecule is CCCCCCC(C)Nc1ncc(Br)cc1N. The second-order valence-electron chi connectivity index (χ2n) is 4.49. The first kappa shape index (κ1) is 14.3. The molecule has 0 radical (unpaired) electrons. The molecule has 3 nitrogen and oxygen atoms in total. The molecule has 0 amide bonds. The van der Waals surface area contributed by atoms with Gasteiger partial charge in [0.15, 0.2) is 0 Å². The average Bonchev–Trinajstić information content (AvgIpc) is 2.28. The molecule has 3 N–H and O–H groups in total. The number of nitrogens with one attached hydrogen (secondary N) is 1. The van der Waals surface area contributed by atoms with E-state index in [9.17, 15) is 0 Å². The molecule has 4 heteroatoms. The number of nitrogens with two attached hydrogens (primary N) is 1. The smallest absolute Gasteiger partial charge is 0.149 e. The molecule has 0 bridgehead atoms. The summed E-state index contributed by atoms with van der Waals surface area (Å²) in [5, 5.41) is 3.36. The molecule has 1 unspecified atom stereocenters. The minimum Gasteiger partial charge on any atom is -0.396 e. The molecule has 0 spiro atoms. The second-order valence-corrected chi connectivity index (χ2v) is 5.40. The van der Waals surface area contributed by atoms with Crippen molar-refractivity contribution in [1.29, 1.82) is 0 Å². The number of nitrogen functional groups attached to an aromatic ring is 1. The number of rotatable bonds is 7. The zero-order chi connectivity index (χ0) is 12.7. The van der Waals surface area contributed by atoms with E-state index in [-0.39, 0.29) is 0 Å². The highest BCUT2D eigenvalue weighted by Gasteiger charge is 2.06. The Balaban J connectivity index is 2.37. The average molecular weight is 300 g/mol. The maximum Gasteiger partial charge on any atom is 0.149 e. The molecule has 0 fully saturated rings. The maximum atomic E-state index is 5.89. The van der Waals surface area contributed by atoms with Gasteiger partial charge >= 0.3 is 0 Å². The van der Waals surface area contributed by atoms with Crippen LogP contribution in [0.1, 0.15) is 46.0 Å². The van der Waals surface area contributed by atoms with Crippen molar-refractivity contribution in [1.82, 2.24) is 4.98 Å². The van der Waals surface area contributed by atoms with Crippen LogP contribution in [0, 0.1) is 0 Å². The quantitative estimate of drug-likeness (QED) is 0.742. The molecule has 0 aliphatic carbocycles. The van der Waals surface area contributed by atoms with E-state index < -0.39 is 0 Å². The van der Waals surface area contributed by atoms with Gasteiger partial charge in [0.2, 0.25) is 0 Å². The van der Waals surface area contributed by atoms with Crippen LogP contribution < -0.4 is 11.1 Å². The van der Waals surface area contributed by atoms with Crippen LogP contribution >= 0.6 is 15.9 Å². The van der Waals surface area contributed by atoms with Crippen molar-refractivity contribution < 1.29 is 0 Å². The van der Waals surface area contributed by atoms with E-state index in [1.54, 1.807) is 6.20 Å². The molecule has 0 aliphatic heterocycles. The molecule has 17 heavy (non-hydrogen) atoms. The van der Waals surface area contributed by atoms with Crippen molar-refractivity contribution in [2.75, 3.05) is 11.1 Å². The van der Waals surface area contributed by atoms with E-state index >= 15 is 0 Å². The van der Waals surface area contributed by atoms with Gasteiger partial charge in [-0.05, 0) is 35.3 Å². The zero-order valence-electron chi connectivity index (χ0n) is 10.7. The van der Waals surface area contributed by atoms with E-state index in [1.165, 1.54) is 25.7 Å². The number of nitrogens with zero attached hydrogens (tertiary/aromatic N) is 1. The summed E-state index contributed by atoms with van der Waals surface area (Å²) < 4.78 is 0.913. The molecule has 1 atom stereocenters. The highest BCUT2D eigenvalue weighted by Crippen LogP contribution is 2.21. The van der Waals surface area contributed by atoms with Gasteiger partial charge in [-0.1, -0.05) is 32.6 Å². The van der Waals surface area contributed by atoms with Crippen molar-refractivity contribution in [2.24, 2.45) is 0 Å². The largest absolute Gasteiger partial charge is 0.396 e. The Hall–Kier alpha value is -0.770. The summed E-state index contributed by atoms with van der Waals surface area (Å²) in [6, 6.07) is 2.29. The van der Waals surface area contributed by atoms with Crippen molar-refractivity contribution in [2.45, 2.75) is 52.0 Å². The summed E-state index contributed by atoms with van der Waals surface area (Å²) in [5.74, 6) is 0.788. The molecule has 0 aromatic carbocycles. The standard InChI is InChI=1S/C13H22BrN3/c1-3-4-5-6-7-10(2)17-13-12(15)8-11(14)9-16-13/h8-10H,3-7,15H2,1-2H3,(H,16,17). The minimum absolute atomic E-state index is 0.419. The highest BCUT2D eigenvalue weighted by molar-refractivity contribution is 9.10. The van der Waals surface area contributed by atoms with E-state index in [0.29, 0.717) is 11.7 Å². The van der Waals surface area contributed by atoms with Crippen LogP contribution in [0.5, 0.6) is 0 Å². The third-order valence-electron chi connectivity index (χ3n) is 2.76. The maximum absolute atomic E-state index is 5.89. The predicted octanol–water partition coefficient (Wildman–Crippen LogP) is 4.20. The molecule has 1 aromatic heterocycles. The Morgan fingerprint density at radius 3 is 2.82 bits per heavy atom. The van der Waals surface area contributed by atoms with Crippen molar-refractivity contribution in [3.05, 3.63) is 16.7 Å². The lowest BCUT2D eigenvalue weighted by molar-refractivity contribution is 0.593. The number of hydrogen-bond acceptors (Lipinski definition) is 3. The van der Waals surface area contributed by atoms with Gasteiger partial charge < -0.3 is 11.1 Å². The summed E-state index contributed by atoms with van der Waals surface area (Å²) in [4.78, 5) is 4.28. The van der Waals surface area contributed by atoms with E-state index in [1.807, 2.05) is 6.07 Å². The monoisotopic (exact) mass is 299 g/mol. The van der Waals surface area contributed by atoms with Crippen LogP contribution in [0.3, 0.4) is 0 Å². The Kier molecular flexibility index (Phi) is 6.34. The third kappa shape index (κ3) is 5.39. The zero-order valence-corrected chi connectivity index (χ0v) is 12.3. The highest BCUT2D eigenvalue weighted by atomic mass is 79.9. The number of aromatic nitrogens is 1. The lowest BCUT2D eigenvalue weighted by atomic mass is 10.1. The Morgan fingerprint density at radius 1 is 1.41 bits per heavy atom. The summed E-state index contributed by atoms with van der Waals surface area (Å²) in [6.45, 7) is 4.41. The molecule has 0 aliphatic rings. The number of halogens is 1. The summed E-state index contributed by atoms with van der Waals surface area (Å²) in [5.41, 5.74) is 6.59. The lowest BCUT2D eigenvalue weighted by Gasteiger charge is -2.15. The molecule has 96 valence electrons. The van der Waals surface area contributed by atoms with Crippen LogP contribution in [-0.2, 0) is 0 Å². The van der Waals surface area contributed by atoms with Gasteiger partial charge in [-0.2, -0.15) is 0 Å². The van der Waals surface area contributed by atoms with E-state index in [0.717, 1.165) is 16.7 Å². The first-order valence-corrected chi connectivity index (χ1v) is 7.10. The first-order chi connectivity index (χ1) is 8.13. The second kappa shape index (κ2) is 7.54. The number of unbranched alkanes of at least 4 members (excludes halogenated alkanes) is 3. The Bertz CT molecular complexity index is 341. The van der Waals surface area contributed by atoms with Crippen molar-refractivity contribution in [3.8, 4) is 0 Å².